The van der Waals surface area contributed by atoms with Crippen LogP contribution in [-0.4, -0.2) is 64.4 Å². The minimum atomic E-state index is -0.670. The zero-order chi connectivity index (χ0) is 21.3. The molecule has 0 aliphatic carbocycles. The summed E-state index contributed by atoms with van der Waals surface area (Å²) in [6, 6.07) is 9.45. The molecule has 1 atom stereocenters. The number of thiophene rings is 1. The first-order valence-electron chi connectivity index (χ1n) is 9.75. The van der Waals surface area contributed by atoms with Crippen molar-refractivity contribution in [2.45, 2.75) is 19.4 Å². The Morgan fingerprint density at radius 3 is 2.50 bits per heavy atom. The first-order valence-corrected chi connectivity index (χ1v) is 10.6. The minimum absolute atomic E-state index is 0.221. The van der Waals surface area contributed by atoms with Crippen molar-refractivity contribution in [2.24, 2.45) is 5.10 Å². The number of rotatable bonds is 5. The summed E-state index contributed by atoms with van der Waals surface area (Å²) in [5.74, 6) is -1.99. The molecule has 7 nitrogen and oxygen atoms in total. The number of piperazine rings is 1. The fourth-order valence-electron chi connectivity index (χ4n) is 3.68. The number of likely N-dealkylation sites (N-methyl/N-ethyl adjacent to an activating group) is 1. The predicted molar refractivity (Wildman–Crippen MR) is 110 cm³/mol. The molecule has 2 aliphatic heterocycles. The van der Waals surface area contributed by atoms with Crippen molar-refractivity contribution in [3.63, 3.8) is 0 Å². The van der Waals surface area contributed by atoms with Gasteiger partial charge in [-0.1, -0.05) is 18.2 Å². The van der Waals surface area contributed by atoms with E-state index in [-0.39, 0.29) is 18.3 Å². The van der Waals surface area contributed by atoms with Gasteiger partial charge in [0.15, 0.2) is 0 Å². The summed E-state index contributed by atoms with van der Waals surface area (Å²) in [7, 11) is 0. The van der Waals surface area contributed by atoms with Crippen LogP contribution >= 0.6 is 11.3 Å². The van der Waals surface area contributed by atoms with Crippen molar-refractivity contribution in [1.82, 2.24) is 14.8 Å². The smallest absolute Gasteiger partial charge is 0.312 e. The molecule has 0 spiro atoms. The molecular weight excluding hydrogens is 407 g/mol. The number of hydrazone groups is 1. The summed E-state index contributed by atoms with van der Waals surface area (Å²) in [6.45, 7) is 2.76. The molecule has 1 aromatic carbocycles. The standard InChI is InChI=1S/C21H21FN4O3S/c1-2-24-9-10-25(21(29)20(24)28)13-19(27)26-17(14-5-7-15(22)8-6-14)12-16(23-26)18-4-3-11-30-18/h3-8,11,17H,2,9-10,12-13H2,1H3/t17-/m0/s1. The van der Waals surface area contributed by atoms with Gasteiger partial charge in [-0.25, -0.2) is 9.40 Å². The molecule has 0 N–H and O–H groups in total. The third-order valence-electron chi connectivity index (χ3n) is 5.33. The maximum atomic E-state index is 13.4. The first-order chi connectivity index (χ1) is 14.5. The average molecular weight is 428 g/mol. The molecule has 30 heavy (non-hydrogen) atoms. The largest absolute Gasteiger partial charge is 0.333 e. The lowest BCUT2D eigenvalue weighted by molar-refractivity contribution is -0.157. The number of hydrogen-bond acceptors (Lipinski definition) is 5. The predicted octanol–water partition coefficient (Wildman–Crippen LogP) is 2.26. The molecule has 0 unspecified atom stereocenters. The lowest BCUT2D eigenvalue weighted by Gasteiger charge is -2.33. The Bertz CT molecular complexity index is 990. The zero-order valence-electron chi connectivity index (χ0n) is 16.5. The van der Waals surface area contributed by atoms with E-state index in [1.165, 1.54) is 38.3 Å². The highest BCUT2D eigenvalue weighted by Crippen LogP contribution is 2.34. The van der Waals surface area contributed by atoms with Crippen LogP contribution in [0.15, 0.2) is 46.9 Å². The molecule has 156 valence electrons. The molecule has 3 heterocycles. The van der Waals surface area contributed by atoms with E-state index in [0.29, 0.717) is 26.1 Å². The van der Waals surface area contributed by atoms with Crippen molar-refractivity contribution >= 4 is 34.8 Å². The number of carbonyl (C=O) groups excluding carboxylic acids is 3. The Kier molecular flexibility index (Phi) is 5.63. The van der Waals surface area contributed by atoms with E-state index in [1.54, 1.807) is 12.1 Å². The Morgan fingerprint density at radius 2 is 1.83 bits per heavy atom. The third kappa shape index (κ3) is 3.85. The van der Waals surface area contributed by atoms with Crippen LogP contribution < -0.4 is 0 Å². The highest BCUT2D eigenvalue weighted by Gasteiger charge is 2.37. The third-order valence-corrected chi connectivity index (χ3v) is 6.25. The van der Waals surface area contributed by atoms with Gasteiger partial charge in [0.25, 0.3) is 5.91 Å². The molecule has 2 aromatic rings. The highest BCUT2D eigenvalue weighted by atomic mass is 32.1. The second-order valence-electron chi connectivity index (χ2n) is 7.15. The van der Waals surface area contributed by atoms with E-state index in [4.69, 9.17) is 0 Å². The first kappa shape index (κ1) is 20.2. The van der Waals surface area contributed by atoms with Crippen LogP contribution in [0, 0.1) is 5.82 Å². The molecule has 9 heteroatoms. The summed E-state index contributed by atoms with van der Waals surface area (Å²) in [6.07, 6.45) is 0.494. The fourth-order valence-corrected chi connectivity index (χ4v) is 4.40. The van der Waals surface area contributed by atoms with Crippen LogP contribution in [0.5, 0.6) is 0 Å². The van der Waals surface area contributed by atoms with Gasteiger partial charge in [-0.3, -0.25) is 14.4 Å². The molecular formula is C21H21FN4O3S. The summed E-state index contributed by atoms with van der Waals surface area (Å²) >= 11 is 1.53. The quantitative estimate of drug-likeness (QED) is 0.686. The van der Waals surface area contributed by atoms with E-state index in [1.807, 2.05) is 24.4 Å². The van der Waals surface area contributed by atoms with Crippen LogP contribution in [0.1, 0.15) is 29.8 Å². The van der Waals surface area contributed by atoms with Gasteiger partial charge >= 0.3 is 11.8 Å². The summed E-state index contributed by atoms with van der Waals surface area (Å²) in [5.41, 5.74) is 1.53. The van der Waals surface area contributed by atoms with E-state index in [0.717, 1.165) is 16.2 Å². The monoisotopic (exact) mass is 428 g/mol. The molecule has 0 saturated carbocycles. The lowest BCUT2D eigenvalue weighted by atomic mass is 10.0. The Labute approximate surface area is 177 Å². The molecule has 1 aromatic heterocycles. The van der Waals surface area contributed by atoms with E-state index >= 15 is 0 Å². The van der Waals surface area contributed by atoms with Crippen LogP contribution in [0.2, 0.25) is 0 Å². The number of nitrogens with zero attached hydrogens (tertiary/aromatic N) is 4. The van der Waals surface area contributed by atoms with Crippen LogP contribution in [0.4, 0.5) is 4.39 Å². The normalized spacial score (nSPS) is 19.5. The molecule has 0 radical (unpaired) electrons. The average Bonchev–Trinajstić information content (AvgIpc) is 3.42. The molecule has 0 bridgehead atoms. The van der Waals surface area contributed by atoms with Gasteiger partial charge in [-0.05, 0) is 36.1 Å². The summed E-state index contributed by atoms with van der Waals surface area (Å²) in [4.78, 5) is 41.3. The maximum Gasteiger partial charge on any atom is 0.312 e. The van der Waals surface area contributed by atoms with Gasteiger partial charge < -0.3 is 9.80 Å². The second kappa shape index (κ2) is 8.35. The number of amides is 3. The van der Waals surface area contributed by atoms with E-state index < -0.39 is 17.9 Å². The summed E-state index contributed by atoms with van der Waals surface area (Å²) in [5, 5.41) is 7.84. The van der Waals surface area contributed by atoms with Gasteiger partial charge in [0, 0.05) is 26.1 Å². The highest BCUT2D eigenvalue weighted by molar-refractivity contribution is 7.12. The maximum absolute atomic E-state index is 13.4. The number of benzene rings is 1. The van der Waals surface area contributed by atoms with Crippen LogP contribution in [0.25, 0.3) is 0 Å². The van der Waals surface area contributed by atoms with Gasteiger partial charge in [-0.2, -0.15) is 5.10 Å². The number of halogens is 1. The van der Waals surface area contributed by atoms with Gasteiger partial charge in [-0.15, -0.1) is 11.3 Å². The van der Waals surface area contributed by atoms with Gasteiger partial charge in [0.05, 0.1) is 16.6 Å². The second-order valence-corrected chi connectivity index (χ2v) is 8.09. The van der Waals surface area contributed by atoms with Crippen molar-refractivity contribution in [3.8, 4) is 0 Å². The fraction of sp³-hybridized carbons (Fsp3) is 0.333. The molecule has 1 saturated heterocycles. The molecule has 2 aliphatic rings. The van der Waals surface area contributed by atoms with Gasteiger partial charge in [0.1, 0.15) is 12.4 Å². The Morgan fingerprint density at radius 1 is 1.13 bits per heavy atom. The molecule has 4 rings (SSSR count). The number of carbonyl (C=O) groups is 3. The van der Waals surface area contributed by atoms with Crippen molar-refractivity contribution in [3.05, 3.63) is 58.0 Å². The summed E-state index contributed by atoms with van der Waals surface area (Å²) < 4.78 is 13.4. The van der Waals surface area contributed by atoms with E-state index in [9.17, 15) is 18.8 Å². The number of hydrogen-bond donors (Lipinski definition) is 0. The topological polar surface area (TPSA) is 73.3 Å². The van der Waals surface area contributed by atoms with Crippen LogP contribution in [0.3, 0.4) is 0 Å². The zero-order valence-corrected chi connectivity index (χ0v) is 17.3. The molecule has 3 amide bonds. The van der Waals surface area contributed by atoms with Crippen molar-refractivity contribution < 1.29 is 18.8 Å². The van der Waals surface area contributed by atoms with Crippen molar-refractivity contribution in [1.29, 1.82) is 0 Å². The Balaban J connectivity index is 1.56. The Hall–Kier alpha value is -3.07. The lowest BCUT2D eigenvalue weighted by Crippen LogP contribution is -2.56. The van der Waals surface area contributed by atoms with Crippen molar-refractivity contribution in [2.75, 3.05) is 26.2 Å². The minimum Gasteiger partial charge on any atom is -0.333 e. The SMILES string of the molecule is CCN1CCN(CC(=O)N2N=C(c3cccs3)C[C@H]2c2ccc(F)cc2)C(=O)C1=O. The van der Waals surface area contributed by atoms with E-state index in [2.05, 4.69) is 5.10 Å². The van der Waals surface area contributed by atoms with Crippen LogP contribution in [-0.2, 0) is 14.4 Å². The van der Waals surface area contributed by atoms with Gasteiger partial charge in [0.2, 0.25) is 0 Å². The molecule has 1 fully saturated rings.